The number of hydrogen-bond donors (Lipinski definition) is 0. The van der Waals surface area contributed by atoms with Crippen LogP contribution >= 0.6 is 0 Å². The Bertz CT molecular complexity index is 963. The highest BCUT2D eigenvalue weighted by atomic mass is 16.7. The second-order valence-corrected chi connectivity index (χ2v) is 6.72. The number of aryl methyl sites for hydroxylation is 2. The van der Waals surface area contributed by atoms with Gasteiger partial charge < -0.3 is 18.9 Å². The fraction of sp³-hybridized carbons (Fsp3) is 0.238. The zero-order chi connectivity index (χ0) is 18.8. The average Bonchev–Trinajstić information content (AvgIpc) is 3.30. The summed E-state index contributed by atoms with van der Waals surface area (Å²) < 4.78 is 12.6. The maximum absolute atomic E-state index is 13.1. The molecule has 0 aliphatic carbocycles. The third kappa shape index (κ3) is 3.65. The molecule has 6 heteroatoms. The Morgan fingerprint density at radius 3 is 2.52 bits per heavy atom. The summed E-state index contributed by atoms with van der Waals surface area (Å²) in [4.78, 5) is 19.0. The van der Waals surface area contributed by atoms with Crippen LogP contribution in [0.25, 0.3) is 0 Å². The first-order valence-electron chi connectivity index (χ1n) is 8.80. The lowest BCUT2D eigenvalue weighted by molar-refractivity contribution is 0.0720. The lowest BCUT2D eigenvalue weighted by Crippen LogP contribution is -2.31. The number of carbonyl (C=O) groups excluding carboxylic acids is 1. The summed E-state index contributed by atoms with van der Waals surface area (Å²) in [6.45, 7) is 3.27. The minimum atomic E-state index is -0.0618. The number of amides is 1. The minimum Gasteiger partial charge on any atom is -0.454 e. The van der Waals surface area contributed by atoms with E-state index in [9.17, 15) is 4.79 Å². The molecule has 1 aromatic heterocycles. The Morgan fingerprint density at radius 2 is 1.78 bits per heavy atom. The summed E-state index contributed by atoms with van der Waals surface area (Å²) in [7, 11) is 1.82. The predicted octanol–water partition coefficient (Wildman–Crippen LogP) is 3.30. The number of nitrogens with zero attached hydrogens (tertiary/aromatic N) is 3. The quantitative estimate of drug-likeness (QED) is 0.698. The van der Waals surface area contributed by atoms with Crippen molar-refractivity contribution in [1.29, 1.82) is 0 Å². The molecule has 2 aromatic carbocycles. The molecule has 0 bridgehead atoms. The molecule has 0 saturated carbocycles. The largest absolute Gasteiger partial charge is 0.454 e. The molecule has 3 aromatic rings. The summed E-state index contributed by atoms with van der Waals surface area (Å²) in [5.74, 6) is 1.39. The third-order valence-corrected chi connectivity index (χ3v) is 4.63. The predicted molar refractivity (Wildman–Crippen MR) is 101 cm³/mol. The van der Waals surface area contributed by atoms with Gasteiger partial charge in [0, 0.05) is 20.1 Å². The average molecular weight is 363 g/mol. The lowest BCUT2D eigenvalue weighted by atomic mass is 10.1. The fourth-order valence-electron chi connectivity index (χ4n) is 3.10. The zero-order valence-corrected chi connectivity index (χ0v) is 15.4. The van der Waals surface area contributed by atoms with E-state index < -0.39 is 0 Å². The Balaban J connectivity index is 1.61. The highest BCUT2D eigenvalue weighted by Crippen LogP contribution is 2.33. The molecule has 0 saturated heterocycles. The summed E-state index contributed by atoms with van der Waals surface area (Å²) in [5, 5.41) is 0. The van der Waals surface area contributed by atoms with Gasteiger partial charge in [0.05, 0.1) is 12.5 Å². The molecular weight excluding hydrogens is 342 g/mol. The van der Waals surface area contributed by atoms with Crippen LogP contribution in [0.5, 0.6) is 11.5 Å². The van der Waals surface area contributed by atoms with Gasteiger partial charge in [-0.15, -0.1) is 0 Å². The van der Waals surface area contributed by atoms with Gasteiger partial charge in [-0.05, 0) is 30.2 Å². The smallest absolute Gasteiger partial charge is 0.272 e. The van der Waals surface area contributed by atoms with Crippen LogP contribution in [-0.2, 0) is 20.1 Å². The first kappa shape index (κ1) is 17.1. The van der Waals surface area contributed by atoms with E-state index in [0.29, 0.717) is 18.8 Å². The first-order chi connectivity index (χ1) is 13.1. The van der Waals surface area contributed by atoms with Gasteiger partial charge in [-0.3, -0.25) is 4.79 Å². The molecule has 4 rings (SSSR count). The molecule has 0 atom stereocenters. The number of rotatable bonds is 5. The summed E-state index contributed by atoms with van der Waals surface area (Å²) in [6.07, 6.45) is 3.24. The van der Waals surface area contributed by atoms with Crippen molar-refractivity contribution < 1.29 is 14.3 Å². The van der Waals surface area contributed by atoms with E-state index in [1.165, 1.54) is 5.56 Å². The van der Waals surface area contributed by atoms with E-state index in [0.717, 1.165) is 22.6 Å². The molecule has 2 heterocycles. The third-order valence-electron chi connectivity index (χ3n) is 4.63. The van der Waals surface area contributed by atoms with Crippen LogP contribution in [0.3, 0.4) is 0 Å². The Labute approximate surface area is 158 Å². The topological polar surface area (TPSA) is 56.6 Å². The van der Waals surface area contributed by atoms with Gasteiger partial charge in [0.25, 0.3) is 5.91 Å². The number of benzene rings is 2. The van der Waals surface area contributed by atoms with Crippen LogP contribution in [0.1, 0.15) is 27.2 Å². The summed E-state index contributed by atoms with van der Waals surface area (Å²) in [5.41, 5.74) is 3.82. The van der Waals surface area contributed by atoms with E-state index in [4.69, 9.17) is 9.47 Å². The van der Waals surface area contributed by atoms with Crippen molar-refractivity contribution in [3.8, 4) is 11.5 Å². The van der Waals surface area contributed by atoms with Crippen molar-refractivity contribution >= 4 is 5.91 Å². The SMILES string of the molecule is Cc1ccc(CN(Cc2ccc3c(c2)OCO3)C(=O)c2cncn2C)cc1. The van der Waals surface area contributed by atoms with Crippen LogP contribution < -0.4 is 9.47 Å². The molecule has 1 amide bonds. The number of aromatic nitrogens is 2. The Morgan fingerprint density at radius 1 is 1.07 bits per heavy atom. The Hall–Kier alpha value is -3.28. The van der Waals surface area contributed by atoms with E-state index in [1.807, 2.05) is 30.1 Å². The number of ether oxygens (including phenoxy) is 2. The minimum absolute atomic E-state index is 0.0618. The van der Waals surface area contributed by atoms with Gasteiger partial charge in [0.1, 0.15) is 5.69 Å². The molecule has 0 N–H and O–H groups in total. The summed E-state index contributed by atoms with van der Waals surface area (Å²) >= 11 is 0. The van der Waals surface area contributed by atoms with Crippen molar-refractivity contribution in [1.82, 2.24) is 14.5 Å². The van der Waals surface area contributed by atoms with Gasteiger partial charge in [-0.1, -0.05) is 35.9 Å². The molecule has 0 fully saturated rings. The highest BCUT2D eigenvalue weighted by molar-refractivity contribution is 5.92. The molecular formula is C21H21N3O3. The highest BCUT2D eigenvalue weighted by Gasteiger charge is 2.21. The molecule has 138 valence electrons. The summed E-state index contributed by atoms with van der Waals surface area (Å²) in [6, 6.07) is 14.0. The van der Waals surface area contributed by atoms with E-state index in [1.54, 1.807) is 17.1 Å². The molecule has 0 unspecified atom stereocenters. The number of hydrogen-bond acceptors (Lipinski definition) is 4. The van der Waals surface area contributed by atoms with Gasteiger partial charge >= 0.3 is 0 Å². The molecule has 1 aliphatic rings. The second kappa shape index (κ2) is 7.15. The normalized spacial score (nSPS) is 12.2. The standard InChI is InChI=1S/C21H21N3O3/c1-15-3-5-16(6-4-15)11-24(21(25)18-10-22-13-23(18)2)12-17-7-8-19-20(9-17)27-14-26-19/h3-10,13H,11-12,14H2,1-2H3. The molecule has 0 spiro atoms. The maximum atomic E-state index is 13.1. The first-order valence-corrected chi connectivity index (χ1v) is 8.80. The van der Waals surface area contributed by atoms with Gasteiger partial charge in [0.2, 0.25) is 6.79 Å². The second-order valence-electron chi connectivity index (χ2n) is 6.72. The van der Waals surface area contributed by atoms with Crippen molar-refractivity contribution in [2.45, 2.75) is 20.0 Å². The maximum Gasteiger partial charge on any atom is 0.272 e. The van der Waals surface area contributed by atoms with Crippen molar-refractivity contribution in [3.63, 3.8) is 0 Å². The van der Waals surface area contributed by atoms with E-state index >= 15 is 0 Å². The fourth-order valence-corrected chi connectivity index (χ4v) is 3.10. The molecule has 6 nitrogen and oxygen atoms in total. The lowest BCUT2D eigenvalue weighted by Gasteiger charge is -2.23. The van der Waals surface area contributed by atoms with Crippen LogP contribution in [0.4, 0.5) is 0 Å². The Kier molecular flexibility index (Phi) is 4.54. The van der Waals surface area contributed by atoms with Crippen LogP contribution in [-0.4, -0.2) is 27.2 Å². The van der Waals surface area contributed by atoms with E-state index in [-0.39, 0.29) is 12.7 Å². The van der Waals surface area contributed by atoms with Crippen LogP contribution in [0.2, 0.25) is 0 Å². The van der Waals surface area contributed by atoms with Gasteiger partial charge in [-0.25, -0.2) is 4.98 Å². The number of fused-ring (bicyclic) bond motifs is 1. The van der Waals surface area contributed by atoms with Crippen molar-refractivity contribution in [2.75, 3.05) is 6.79 Å². The van der Waals surface area contributed by atoms with Gasteiger partial charge in [0.15, 0.2) is 11.5 Å². The van der Waals surface area contributed by atoms with Crippen molar-refractivity contribution in [2.24, 2.45) is 7.05 Å². The molecule has 0 radical (unpaired) electrons. The van der Waals surface area contributed by atoms with Crippen LogP contribution in [0, 0.1) is 6.92 Å². The van der Waals surface area contributed by atoms with E-state index in [2.05, 4.69) is 36.2 Å². The number of imidazole rings is 1. The molecule has 27 heavy (non-hydrogen) atoms. The monoisotopic (exact) mass is 363 g/mol. The van der Waals surface area contributed by atoms with Crippen molar-refractivity contribution in [3.05, 3.63) is 77.4 Å². The molecule has 1 aliphatic heterocycles. The number of carbonyl (C=O) groups is 1. The zero-order valence-electron chi connectivity index (χ0n) is 15.4. The van der Waals surface area contributed by atoms with Crippen LogP contribution in [0.15, 0.2) is 55.0 Å². The van der Waals surface area contributed by atoms with Gasteiger partial charge in [-0.2, -0.15) is 0 Å².